The number of fused-ring (bicyclic) bond motifs is 8. The van der Waals surface area contributed by atoms with Crippen LogP contribution in [0.1, 0.15) is 0 Å². The van der Waals surface area contributed by atoms with Gasteiger partial charge in [0, 0.05) is 0 Å². The van der Waals surface area contributed by atoms with Gasteiger partial charge in [0.2, 0.25) is 0 Å². The average molecular weight is 322 g/mol. The largest absolute Gasteiger partial charge is 0.489 e. The Bertz CT molecular complexity index is 1280. The summed E-state index contributed by atoms with van der Waals surface area (Å²) in [6, 6.07) is 26.6. The fraction of sp³-hybridized carbons (Fsp3) is 0. The van der Waals surface area contributed by atoms with E-state index in [1.54, 1.807) is 6.07 Å². The van der Waals surface area contributed by atoms with Crippen molar-refractivity contribution < 1.29 is 10.0 Å². The lowest BCUT2D eigenvalue weighted by Crippen LogP contribution is -2.30. The van der Waals surface area contributed by atoms with Gasteiger partial charge in [0.1, 0.15) is 0 Å². The van der Waals surface area contributed by atoms with Crippen molar-refractivity contribution in [1.82, 2.24) is 0 Å². The maximum atomic E-state index is 9.98. The Hall–Kier alpha value is -2.88. The molecule has 0 atom stereocenters. The van der Waals surface area contributed by atoms with Crippen molar-refractivity contribution >= 4 is 55.7 Å². The van der Waals surface area contributed by atoms with E-state index < -0.39 is 7.12 Å². The average Bonchev–Trinajstić information content (AvgIpc) is 2.67. The van der Waals surface area contributed by atoms with Gasteiger partial charge in [-0.15, -0.1) is 0 Å². The molecule has 0 saturated heterocycles. The number of hydrogen-bond donors (Lipinski definition) is 2. The van der Waals surface area contributed by atoms with Crippen molar-refractivity contribution in [3.8, 4) is 0 Å². The fourth-order valence-corrected chi connectivity index (χ4v) is 4.01. The third-order valence-electron chi connectivity index (χ3n) is 5.06. The lowest BCUT2D eigenvalue weighted by atomic mass is 9.75. The first-order valence-electron chi connectivity index (χ1n) is 8.36. The molecule has 0 amide bonds. The van der Waals surface area contributed by atoms with E-state index in [1.165, 1.54) is 5.39 Å². The normalized spacial score (nSPS) is 11.6. The Morgan fingerprint density at radius 1 is 0.480 bits per heavy atom. The molecular weight excluding hydrogens is 307 g/mol. The van der Waals surface area contributed by atoms with Gasteiger partial charge in [-0.3, -0.25) is 0 Å². The van der Waals surface area contributed by atoms with Crippen molar-refractivity contribution in [3.63, 3.8) is 0 Å². The van der Waals surface area contributed by atoms with E-state index in [0.717, 1.165) is 37.7 Å². The Labute approximate surface area is 145 Å². The van der Waals surface area contributed by atoms with Crippen molar-refractivity contribution in [2.45, 2.75) is 0 Å². The standard InChI is InChI=1S/C22H15BO2/c24-23(25)20-11-5-10-18-16-8-3-4-9-17(16)19-13-12-14-6-1-2-7-15(14)21(19)22(18)20/h1-13,24-25H. The predicted molar refractivity (Wildman–Crippen MR) is 106 cm³/mol. The maximum absolute atomic E-state index is 9.98. The van der Waals surface area contributed by atoms with Crippen LogP contribution < -0.4 is 5.46 Å². The summed E-state index contributed by atoms with van der Waals surface area (Å²) in [7, 11) is -1.51. The van der Waals surface area contributed by atoms with E-state index in [9.17, 15) is 10.0 Å². The summed E-state index contributed by atoms with van der Waals surface area (Å²) in [5, 5.41) is 28.7. The van der Waals surface area contributed by atoms with Crippen LogP contribution in [0.25, 0.3) is 43.1 Å². The molecule has 5 aromatic carbocycles. The van der Waals surface area contributed by atoms with Crippen LogP contribution in [0.4, 0.5) is 0 Å². The molecule has 0 bridgehead atoms. The highest BCUT2D eigenvalue weighted by Crippen LogP contribution is 2.38. The summed E-state index contributed by atoms with van der Waals surface area (Å²) in [5.74, 6) is 0. The van der Waals surface area contributed by atoms with Crippen molar-refractivity contribution in [2.24, 2.45) is 0 Å². The minimum absolute atomic E-state index is 0.546. The van der Waals surface area contributed by atoms with Gasteiger partial charge >= 0.3 is 7.12 Å². The topological polar surface area (TPSA) is 40.5 Å². The van der Waals surface area contributed by atoms with Crippen LogP contribution in [0.2, 0.25) is 0 Å². The van der Waals surface area contributed by atoms with Gasteiger partial charge in [0.15, 0.2) is 0 Å². The first-order chi connectivity index (χ1) is 12.3. The molecule has 0 aromatic heterocycles. The van der Waals surface area contributed by atoms with Gasteiger partial charge < -0.3 is 10.0 Å². The Balaban J connectivity index is 2.22. The van der Waals surface area contributed by atoms with E-state index in [2.05, 4.69) is 42.5 Å². The molecule has 0 fully saturated rings. The number of benzene rings is 5. The summed E-state index contributed by atoms with van der Waals surface area (Å²) < 4.78 is 0. The summed E-state index contributed by atoms with van der Waals surface area (Å²) >= 11 is 0. The highest BCUT2D eigenvalue weighted by atomic mass is 16.4. The molecule has 118 valence electrons. The van der Waals surface area contributed by atoms with Crippen LogP contribution in [-0.4, -0.2) is 17.2 Å². The second kappa shape index (κ2) is 5.31. The SMILES string of the molecule is OB(O)c1cccc2c3ccccc3c3ccc4ccccc4c3c12. The molecule has 25 heavy (non-hydrogen) atoms. The van der Waals surface area contributed by atoms with Gasteiger partial charge in [0.05, 0.1) is 0 Å². The first-order valence-corrected chi connectivity index (χ1v) is 8.36. The molecule has 3 heteroatoms. The second-order valence-electron chi connectivity index (χ2n) is 6.40. The van der Waals surface area contributed by atoms with E-state index in [0.29, 0.717) is 5.46 Å². The summed E-state index contributed by atoms with van der Waals surface area (Å²) in [6.07, 6.45) is 0. The summed E-state index contributed by atoms with van der Waals surface area (Å²) in [4.78, 5) is 0. The maximum Gasteiger partial charge on any atom is 0.489 e. The molecule has 0 heterocycles. The van der Waals surface area contributed by atoms with Crippen LogP contribution in [0, 0.1) is 0 Å². The zero-order chi connectivity index (χ0) is 17.0. The summed E-state index contributed by atoms with van der Waals surface area (Å²) in [6.45, 7) is 0. The van der Waals surface area contributed by atoms with Crippen LogP contribution >= 0.6 is 0 Å². The fourth-order valence-electron chi connectivity index (χ4n) is 4.01. The number of rotatable bonds is 1. The molecule has 0 spiro atoms. The van der Waals surface area contributed by atoms with Gasteiger partial charge in [-0.1, -0.05) is 78.9 Å². The smallest absolute Gasteiger partial charge is 0.423 e. The lowest BCUT2D eigenvalue weighted by Gasteiger charge is -2.15. The molecule has 0 unspecified atom stereocenters. The van der Waals surface area contributed by atoms with Crippen LogP contribution in [0.15, 0.2) is 78.9 Å². The molecule has 0 aliphatic carbocycles. The molecule has 0 saturated carbocycles. The van der Waals surface area contributed by atoms with Crippen molar-refractivity contribution in [1.29, 1.82) is 0 Å². The lowest BCUT2D eigenvalue weighted by molar-refractivity contribution is 0.426. The zero-order valence-corrected chi connectivity index (χ0v) is 13.5. The van der Waals surface area contributed by atoms with Gasteiger partial charge in [-0.05, 0) is 48.6 Å². The minimum atomic E-state index is -1.51. The minimum Gasteiger partial charge on any atom is -0.423 e. The van der Waals surface area contributed by atoms with Gasteiger partial charge in [-0.25, -0.2) is 0 Å². The van der Waals surface area contributed by atoms with E-state index in [4.69, 9.17) is 0 Å². The molecule has 0 radical (unpaired) electrons. The molecule has 5 rings (SSSR count). The van der Waals surface area contributed by atoms with Crippen LogP contribution in [0.3, 0.4) is 0 Å². The first kappa shape index (κ1) is 14.5. The molecule has 0 aliphatic heterocycles. The highest BCUT2D eigenvalue weighted by Gasteiger charge is 2.19. The van der Waals surface area contributed by atoms with E-state index in [1.807, 2.05) is 30.3 Å². The highest BCUT2D eigenvalue weighted by molar-refractivity contribution is 6.63. The molecule has 2 N–H and O–H groups in total. The third-order valence-corrected chi connectivity index (χ3v) is 5.06. The quantitative estimate of drug-likeness (QED) is 0.362. The molecule has 2 nitrogen and oxygen atoms in total. The zero-order valence-electron chi connectivity index (χ0n) is 13.5. The predicted octanol–water partition coefficient (Wildman–Crippen LogP) is 3.98. The monoisotopic (exact) mass is 322 g/mol. The van der Waals surface area contributed by atoms with Crippen LogP contribution in [-0.2, 0) is 0 Å². The Morgan fingerprint density at radius 2 is 1.08 bits per heavy atom. The van der Waals surface area contributed by atoms with E-state index >= 15 is 0 Å². The van der Waals surface area contributed by atoms with E-state index in [-0.39, 0.29) is 0 Å². The summed E-state index contributed by atoms with van der Waals surface area (Å²) in [5.41, 5.74) is 0.546. The molecule has 5 aromatic rings. The van der Waals surface area contributed by atoms with Gasteiger partial charge in [0.25, 0.3) is 0 Å². The Kier molecular flexibility index (Phi) is 3.08. The molecular formula is C22H15BO2. The van der Waals surface area contributed by atoms with Gasteiger partial charge in [-0.2, -0.15) is 0 Å². The van der Waals surface area contributed by atoms with Crippen molar-refractivity contribution in [2.75, 3.05) is 0 Å². The number of hydrogen-bond acceptors (Lipinski definition) is 2. The van der Waals surface area contributed by atoms with Crippen LogP contribution in [0.5, 0.6) is 0 Å². The second-order valence-corrected chi connectivity index (χ2v) is 6.40. The Morgan fingerprint density at radius 3 is 1.80 bits per heavy atom. The third kappa shape index (κ3) is 2.00. The molecule has 0 aliphatic rings. The van der Waals surface area contributed by atoms with Crippen molar-refractivity contribution in [3.05, 3.63) is 78.9 Å².